The van der Waals surface area contributed by atoms with E-state index >= 15 is 0 Å². The summed E-state index contributed by atoms with van der Waals surface area (Å²) in [7, 11) is 0. The Hall–Kier alpha value is -3.15. The number of rotatable bonds is 3. The van der Waals surface area contributed by atoms with E-state index in [-0.39, 0.29) is 11.5 Å². The van der Waals surface area contributed by atoms with Crippen LogP contribution in [0, 0.1) is 0 Å². The van der Waals surface area contributed by atoms with E-state index in [0.717, 1.165) is 5.69 Å². The van der Waals surface area contributed by atoms with Gasteiger partial charge >= 0.3 is 0 Å². The molecule has 120 valence electrons. The molecule has 2 N–H and O–H groups in total. The van der Waals surface area contributed by atoms with E-state index in [4.69, 9.17) is 0 Å². The second-order valence-electron chi connectivity index (χ2n) is 5.74. The lowest BCUT2D eigenvalue weighted by molar-refractivity contribution is -0.117. The van der Waals surface area contributed by atoms with Crippen LogP contribution in [0.1, 0.15) is 6.42 Å². The number of amides is 1. The Morgan fingerprint density at radius 1 is 1.04 bits per heavy atom. The van der Waals surface area contributed by atoms with Crippen molar-refractivity contribution in [1.29, 1.82) is 0 Å². The predicted molar refractivity (Wildman–Crippen MR) is 93.2 cm³/mol. The maximum absolute atomic E-state index is 12.6. The number of hydrogen-bond acceptors (Lipinski definition) is 4. The summed E-state index contributed by atoms with van der Waals surface area (Å²) < 4.78 is 0. The number of hydrogen-bond donors (Lipinski definition) is 2. The van der Waals surface area contributed by atoms with Gasteiger partial charge in [0.1, 0.15) is 6.04 Å². The Kier molecular flexibility index (Phi) is 3.49. The van der Waals surface area contributed by atoms with Gasteiger partial charge in [-0.1, -0.05) is 30.3 Å². The summed E-state index contributed by atoms with van der Waals surface area (Å²) in [4.78, 5) is 33.6. The summed E-state index contributed by atoms with van der Waals surface area (Å²) in [6.45, 7) is 0.637. The molecule has 2 aromatic carbocycles. The van der Waals surface area contributed by atoms with Crippen LogP contribution in [-0.2, 0) is 4.79 Å². The molecule has 6 heteroatoms. The van der Waals surface area contributed by atoms with Gasteiger partial charge in [-0.2, -0.15) is 0 Å². The van der Waals surface area contributed by atoms with Gasteiger partial charge in [-0.3, -0.25) is 14.6 Å². The highest BCUT2D eigenvalue weighted by atomic mass is 16.2. The zero-order valence-electron chi connectivity index (χ0n) is 12.9. The number of para-hydroxylation sites is 2. The highest BCUT2D eigenvalue weighted by Crippen LogP contribution is 2.22. The molecule has 2 heterocycles. The normalized spacial score (nSPS) is 17.4. The van der Waals surface area contributed by atoms with Gasteiger partial charge in [0.25, 0.3) is 5.56 Å². The predicted octanol–water partition coefficient (Wildman–Crippen LogP) is 2.14. The van der Waals surface area contributed by atoms with E-state index in [1.165, 1.54) is 0 Å². The standard InChI is InChI=1S/C18H16N4O2/c23-16-13-8-4-5-9-14(13)19-18(21-16)20-15-10-11-22(17(15)24)12-6-2-1-3-7-12/h1-9,15H,10-11H2,(H2,19,20,21,23). The number of aromatic nitrogens is 2. The molecule has 1 aliphatic rings. The number of nitrogens with zero attached hydrogens (tertiary/aromatic N) is 2. The fourth-order valence-corrected chi connectivity index (χ4v) is 3.00. The lowest BCUT2D eigenvalue weighted by atomic mass is 10.2. The van der Waals surface area contributed by atoms with E-state index in [2.05, 4.69) is 15.3 Å². The first-order valence-corrected chi connectivity index (χ1v) is 7.84. The molecule has 1 unspecified atom stereocenters. The second kappa shape index (κ2) is 5.81. The van der Waals surface area contributed by atoms with Crippen LogP contribution >= 0.6 is 0 Å². The first-order chi connectivity index (χ1) is 11.7. The summed E-state index contributed by atoms with van der Waals surface area (Å²) in [5.74, 6) is 0.309. The van der Waals surface area contributed by atoms with Crippen LogP contribution in [0.4, 0.5) is 11.6 Å². The third-order valence-electron chi connectivity index (χ3n) is 4.20. The van der Waals surface area contributed by atoms with Crippen LogP contribution in [0.2, 0.25) is 0 Å². The molecule has 6 nitrogen and oxygen atoms in total. The van der Waals surface area contributed by atoms with Gasteiger partial charge in [0.15, 0.2) is 0 Å². The van der Waals surface area contributed by atoms with Gasteiger partial charge in [0, 0.05) is 12.2 Å². The van der Waals surface area contributed by atoms with E-state index in [1.54, 1.807) is 23.1 Å². The number of carbonyl (C=O) groups is 1. The van der Waals surface area contributed by atoms with E-state index < -0.39 is 6.04 Å². The lowest BCUT2D eigenvalue weighted by Crippen LogP contribution is -2.34. The van der Waals surface area contributed by atoms with Crippen LogP contribution < -0.4 is 15.8 Å². The fourth-order valence-electron chi connectivity index (χ4n) is 3.00. The molecule has 1 aromatic heterocycles. The van der Waals surface area contributed by atoms with Crippen molar-refractivity contribution in [3.63, 3.8) is 0 Å². The van der Waals surface area contributed by atoms with Crippen molar-refractivity contribution >= 4 is 28.4 Å². The second-order valence-corrected chi connectivity index (χ2v) is 5.74. The maximum Gasteiger partial charge on any atom is 0.260 e. The minimum atomic E-state index is -0.394. The van der Waals surface area contributed by atoms with Crippen molar-refractivity contribution in [2.75, 3.05) is 16.8 Å². The molecule has 1 aliphatic heterocycles. The van der Waals surface area contributed by atoms with Gasteiger partial charge in [-0.15, -0.1) is 0 Å². The molecule has 1 fully saturated rings. The first kappa shape index (κ1) is 14.4. The number of carbonyl (C=O) groups excluding carboxylic acids is 1. The molecule has 0 spiro atoms. The van der Waals surface area contributed by atoms with Crippen molar-refractivity contribution < 1.29 is 4.79 Å². The summed E-state index contributed by atoms with van der Waals surface area (Å²) in [5, 5.41) is 3.60. The average Bonchev–Trinajstić information content (AvgIpc) is 2.96. The third kappa shape index (κ3) is 2.52. The van der Waals surface area contributed by atoms with Crippen molar-refractivity contribution in [2.45, 2.75) is 12.5 Å². The number of nitrogens with one attached hydrogen (secondary N) is 2. The van der Waals surface area contributed by atoms with E-state index in [1.807, 2.05) is 36.4 Å². The van der Waals surface area contributed by atoms with Crippen LogP contribution in [0.25, 0.3) is 10.9 Å². The number of fused-ring (bicyclic) bond motifs is 1. The Morgan fingerprint density at radius 2 is 1.79 bits per heavy atom. The van der Waals surface area contributed by atoms with Crippen LogP contribution in [0.15, 0.2) is 59.4 Å². The number of aromatic amines is 1. The summed E-state index contributed by atoms with van der Waals surface area (Å²) in [5.41, 5.74) is 1.27. The van der Waals surface area contributed by atoms with Crippen LogP contribution in [0.3, 0.4) is 0 Å². The highest BCUT2D eigenvalue weighted by Gasteiger charge is 2.32. The minimum absolute atomic E-state index is 0.0167. The molecule has 0 bridgehead atoms. The molecular formula is C18H16N4O2. The minimum Gasteiger partial charge on any atom is -0.344 e. The summed E-state index contributed by atoms with van der Waals surface area (Å²) >= 11 is 0. The lowest BCUT2D eigenvalue weighted by Gasteiger charge is -2.17. The molecule has 1 saturated heterocycles. The maximum atomic E-state index is 12.6. The molecule has 1 atom stereocenters. The molecule has 3 aromatic rings. The Bertz CT molecular complexity index is 952. The topological polar surface area (TPSA) is 78.1 Å². The van der Waals surface area contributed by atoms with Gasteiger partial charge in [-0.05, 0) is 30.7 Å². The SMILES string of the molecule is O=C1C(Nc2nc3ccccc3c(=O)[nH]2)CCN1c1ccccc1. The van der Waals surface area contributed by atoms with E-state index in [0.29, 0.717) is 29.8 Å². The number of H-pyrrole nitrogens is 1. The van der Waals surface area contributed by atoms with Crippen LogP contribution in [-0.4, -0.2) is 28.5 Å². The largest absolute Gasteiger partial charge is 0.344 e. The highest BCUT2D eigenvalue weighted by molar-refractivity contribution is 6.00. The van der Waals surface area contributed by atoms with Crippen molar-refractivity contribution in [3.05, 3.63) is 65.0 Å². The molecule has 0 radical (unpaired) electrons. The fraction of sp³-hybridized carbons (Fsp3) is 0.167. The van der Waals surface area contributed by atoms with Crippen molar-refractivity contribution in [2.24, 2.45) is 0 Å². The average molecular weight is 320 g/mol. The van der Waals surface area contributed by atoms with Gasteiger partial charge in [0.2, 0.25) is 11.9 Å². The smallest absolute Gasteiger partial charge is 0.260 e. The van der Waals surface area contributed by atoms with Crippen LogP contribution in [0.5, 0.6) is 0 Å². The molecule has 0 saturated carbocycles. The Labute approximate surface area is 138 Å². The Morgan fingerprint density at radius 3 is 2.62 bits per heavy atom. The van der Waals surface area contributed by atoms with Gasteiger partial charge < -0.3 is 10.2 Å². The Balaban J connectivity index is 1.58. The molecule has 24 heavy (non-hydrogen) atoms. The van der Waals surface area contributed by atoms with Gasteiger partial charge in [0.05, 0.1) is 10.9 Å². The molecule has 4 rings (SSSR count). The zero-order valence-corrected chi connectivity index (χ0v) is 12.9. The molecule has 0 aliphatic carbocycles. The van der Waals surface area contributed by atoms with Crippen molar-refractivity contribution in [1.82, 2.24) is 9.97 Å². The summed E-state index contributed by atoms with van der Waals surface area (Å²) in [6.07, 6.45) is 0.657. The van der Waals surface area contributed by atoms with Crippen molar-refractivity contribution in [3.8, 4) is 0 Å². The molecular weight excluding hydrogens is 304 g/mol. The third-order valence-corrected chi connectivity index (χ3v) is 4.20. The number of anilines is 2. The zero-order chi connectivity index (χ0) is 16.5. The summed E-state index contributed by atoms with van der Waals surface area (Å²) in [6, 6.07) is 16.3. The monoisotopic (exact) mass is 320 g/mol. The number of benzene rings is 2. The molecule has 1 amide bonds. The van der Waals surface area contributed by atoms with E-state index in [9.17, 15) is 9.59 Å². The first-order valence-electron chi connectivity index (χ1n) is 7.84. The van der Waals surface area contributed by atoms with Gasteiger partial charge in [-0.25, -0.2) is 4.98 Å². The quantitative estimate of drug-likeness (QED) is 0.775.